The van der Waals surface area contributed by atoms with Gasteiger partial charge in [0.15, 0.2) is 0 Å². The van der Waals surface area contributed by atoms with Gasteiger partial charge in [0, 0.05) is 0 Å². The first kappa shape index (κ1) is 16.3. The molecule has 0 aliphatic carbocycles. The maximum Gasteiger partial charge on any atom is 0.446 e. The molecule has 94 valence electrons. The molecule has 0 aliphatic rings. The zero-order valence-electron chi connectivity index (χ0n) is 6.97. The number of hydrogen-bond acceptors (Lipinski definition) is 3. The average Bonchev–Trinajstić information content (AvgIpc) is 2.17. The standard InChI is InChI=1S/C6HF5O4S.Mg.2H/c7-1-2(8)4(10)6(5(11)3(1)9)15-16(12,13)14;;;/h(H,12,13,14);;;. The van der Waals surface area contributed by atoms with E-state index < -0.39 is 45.2 Å². The largest absolute Gasteiger partial charge is 0.446 e. The van der Waals surface area contributed by atoms with Crippen LogP contribution < -0.4 is 4.18 Å². The summed E-state index contributed by atoms with van der Waals surface area (Å²) in [6, 6.07) is 0. The van der Waals surface area contributed by atoms with Crippen molar-refractivity contribution in [3.8, 4) is 5.75 Å². The highest BCUT2D eigenvalue weighted by Gasteiger charge is 2.29. The van der Waals surface area contributed by atoms with E-state index in [4.69, 9.17) is 4.55 Å². The van der Waals surface area contributed by atoms with Crippen LogP contribution in [0.3, 0.4) is 0 Å². The van der Waals surface area contributed by atoms with Crippen LogP contribution in [-0.2, 0) is 10.4 Å². The van der Waals surface area contributed by atoms with Gasteiger partial charge in [-0.15, -0.1) is 0 Å². The Kier molecular flexibility index (Phi) is 5.12. The maximum absolute atomic E-state index is 12.7. The van der Waals surface area contributed by atoms with Gasteiger partial charge in [0.05, 0.1) is 0 Å². The summed E-state index contributed by atoms with van der Waals surface area (Å²) in [6.45, 7) is 0. The molecule has 4 nitrogen and oxygen atoms in total. The Bertz CT molecular complexity index is 517. The van der Waals surface area contributed by atoms with Gasteiger partial charge in [0.1, 0.15) is 0 Å². The minimum atomic E-state index is -5.40. The van der Waals surface area contributed by atoms with Crippen LogP contribution in [0.1, 0.15) is 0 Å². The molecule has 0 fully saturated rings. The first-order valence-corrected chi connectivity index (χ1v) is 4.70. The molecule has 17 heavy (non-hydrogen) atoms. The van der Waals surface area contributed by atoms with E-state index in [2.05, 4.69) is 4.18 Å². The molecule has 0 aliphatic heterocycles. The summed E-state index contributed by atoms with van der Waals surface area (Å²) in [4.78, 5) is 0. The second-order valence-electron chi connectivity index (χ2n) is 2.41. The summed E-state index contributed by atoms with van der Waals surface area (Å²) in [5, 5.41) is 0. The molecule has 1 aromatic rings. The van der Waals surface area contributed by atoms with Crippen LogP contribution in [0.15, 0.2) is 0 Å². The number of halogens is 5. The molecule has 0 bridgehead atoms. The lowest BCUT2D eigenvalue weighted by molar-refractivity contribution is 0.327. The molecule has 0 aromatic heterocycles. The lowest BCUT2D eigenvalue weighted by atomic mass is 10.3. The fraction of sp³-hybridized carbons (Fsp3) is 0. The van der Waals surface area contributed by atoms with Gasteiger partial charge in [-0.3, -0.25) is 4.55 Å². The third-order valence-corrected chi connectivity index (χ3v) is 1.74. The first-order chi connectivity index (χ1) is 7.15. The summed E-state index contributed by atoms with van der Waals surface area (Å²) in [5.41, 5.74) is 0. The second kappa shape index (κ2) is 5.33. The van der Waals surface area contributed by atoms with E-state index in [0.29, 0.717) is 0 Å². The van der Waals surface area contributed by atoms with Crippen LogP contribution in [0.4, 0.5) is 22.0 Å². The Morgan fingerprint density at radius 1 is 0.824 bits per heavy atom. The molecule has 1 rings (SSSR count). The number of benzene rings is 1. The van der Waals surface area contributed by atoms with Crippen LogP contribution in [0, 0.1) is 29.1 Å². The van der Waals surface area contributed by atoms with Crippen molar-refractivity contribution >= 4 is 33.5 Å². The van der Waals surface area contributed by atoms with Gasteiger partial charge in [-0.05, 0) is 0 Å². The predicted molar refractivity (Wildman–Crippen MR) is 47.0 cm³/mol. The predicted octanol–water partition coefficient (Wildman–Crippen LogP) is 0.647. The van der Waals surface area contributed by atoms with E-state index in [1.807, 2.05) is 0 Å². The molecule has 0 radical (unpaired) electrons. The summed E-state index contributed by atoms with van der Waals surface area (Å²) in [7, 11) is -5.40. The van der Waals surface area contributed by atoms with Crippen LogP contribution in [0.2, 0.25) is 0 Å². The Morgan fingerprint density at radius 3 is 1.41 bits per heavy atom. The Hall–Kier alpha value is -0.654. The zero-order valence-corrected chi connectivity index (χ0v) is 7.79. The minimum absolute atomic E-state index is 0. The maximum atomic E-state index is 12.7. The monoisotopic (exact) mass is 290 g/mol. The summed E-state index contributed by atoms with van der Waals surface area (Å²) in [5.74, 6) is -14.4. The summed E-state index contributed by atoms with van der Waals surface area (Å²) >= 11 is 0. The van der Waals surface area contributed by atoms with Crippen molar-refractivity contribution in [3.05, 3.63) is 29.1 Å². The van der Waals surface area contributed by atoms with Gasteiger partial charge in [-0.1, -0.05) is 0 Å². The Labute approximate surface area is 107 Å². The van der Waals surface area contributed by atoms with Crippen molar-refractivity contribution in [2.75, 3.05) is 0 Å². The van der Waals surface area contributed by atoms with Crippen LogP contribution in [0.5, 0.6) is 5.75 Å². The van der Waals surface area contributed by atoms with E-state index in [9.17, 15) is 30.4 Å². The molecule has 0 saturated heterocycles. The van der Waals surface area contributed by atoms with E-state index in [1.165, 1.54) is 0 Å². The third-order valence-electron chi connectivity index (χ3n) is 1.36. The first-order valence-electron chi connectivity index (χ1n) is 3.33. The van der Waals surface area contributed by atoms with Gasteiger partial charge >= 0.3 is 33.5 Å². The molecule has 0 atom stereocenters. The van der Waals surface area contributed by atoms with Gasteiger partial charge in [0.25, 0.3) is 0 Å². The molecule has 0 saturated carbocycles. The zero-order chi connectivity index (χ0) is 12.7. The molecule has 11 heteroatoms. The van der Waals surface area contributed by atoms with Gasteiger partial charge in [-0.25, -0.2) is 13.2 Å². The fourth-order valence-electron chi connectivity index (χ4n) is 0.763. The van der Waals surface area contributed by atoms with Crippen LogP contribution in [0.25, 0.3) is 0 Å². The molecular weight excluding hydrogens is 287 g/mol. The third kappa shape index (κ3) is 3.40. The number of hydrogen-bond donors (Lipinski definition) is 1. The molecule has 0 amide bonds. The van der Waals surface area contributed by atoms with Crippen molar-refractivity contribution in [3.63, 3.8) is 0 Å². The Morgan fingerprint density at radius 2 is 1.12 bits per heavy atom. The Balaban J connectivity index is 0.00000256. The summed E-state index contributed by atoms with van der Waals surface area (Å²) < 4.78 is 94.2. The molecular formula is C6H3F5MgO4S. The normalized spacial score (nSPS) is 10.9. The average molecular weight is 290 g/mol. The SMILES string of the molecule is O=S(=O)(O)Oc1c(F)c(F)c(F)c(F)c1F.[MgH2]. The molecule has 1 N–H and O–H groups in total. The van der Waals surface area contributed by atoms with Crippen molar-refractivity contribution in [1.82, 2.24) is 0 Å². The van der Waals surface area contributed by atoms with Gasteiger partial charge < -0.3 is 4.18 Å². The number of rotatable bonds is 2. The van der Waals surface area contributed by atoms with Crippen molar-refractivity contribution in [2.45, 2.75) is 0 Å². The van der Waals surface area contributed by atoms with Crippen molar-refractivity contribution < 1.29 is 39.1 Å². The van der Waals surface area contributed by atoms with Crippen molar-refractivity contribution in [1.29, 1.82) is 0 Å². The highest BCUT2D eigenvalue weighted by molar-refractivity contribution is 7.81. The van der Waals surface area contributed by atoms with E-state index in [-0.39, 0.29) is 23.1 Å². The van der Waals surface area contributed by atoms with E-state index in [0.717, 1.165) is 0 Å². The molecule has 0 spiro atoms. The second-order valence-corrected chi connectivity index (χ2v) is 3.43. The smallest absolute Gasteiger partial charge is 0.355 e. The van der Waals surface area contributed by atoms with Gasteiger partial charge in [0.2, 0.25) is 34.8 Å². The topological polar surface area (TPSA) is 63.6 Å². The fourth-order valence-corrected chi connectivity index (χ4v) is 1.12. The quantitative estimate of drug-likeness (QED) is 0.285. The minimum Gasteiger partial charge on any atom is -0.355 e. The van der Waals surface area contributed by atoms with E-state index in [1.54, 1.807) is 0 Å². The molecule has 0 unspecified atom stereocenters. The van der Waals surface area contributed by atoms with E-state index >= 15 is 0 Å². The lowest BCUT2D eigenvalue weighted by Gasteiger charge is -2.06. The van der Waals surface area contributed by atoms with Crippen molar-refractivity contribution in [2.24, 2.45) is 0 Å². The lowest BCUT2D eigenvalue weighted by Crippen LogP contribution is -2.12. The highest BCUT2D eigenvalue weighted by atomic mass is 32.3. The molecule has 1 aromatic carbocycles. The van der Waals surface area contributed by atoms with Crippen LogP contribution in [-0.4, -0.2) is 36.0 Å². The molecule has 0 heterocycles. The summed E-state index contributed by atoms with van der Waals surface area (Å²) in [6.07, 6.45) is 0. The van der Waals surface area contributed by atoms with Gasteiger partial charge in [-0.2, -0.15) is 17.2 Å². The van der Waals surface area contributed by atoms with Crippen LogP contribution >= 0.6 is 0 Å². The highest BCUT2D eigenvalue weighted by Crippen LogP contribution is 2.29.